The highest BCUT2D eigenvalue weighted by Gasteiger charge is 2.32. The third kappa shape index (κ3) is 8.80. The van der Waals surface area contributed by atoms with E-state index in [1.165, 1.54) is 31.0 Å². The molecule has 18 heteroatoms. The molecule has 0 aliphatic heterocycles. The van der Waals surface area contributed by atoms with E-state index in [4.69, 9.17) is 23.3 Å². The molecule has 41 heavy (non-hydrogen) atoms. The molecule has 1 heterocycles. The van der Waals surface area contributed by atoms with Crippen molar-refractivity contribution in [3.63, 3.8) is 0 Å². The summed E-state index contributed by atoms with van der Waals surface area (Å²) in [4.78, 5) is 32.8. The molecule has 4 rings (SSSR count). The first-order valence-electron chi connectivity index (χ1n) is 10.8. The van der Waals surface area contributed by atoms with Gasteiger partial charge in [-0.3, -0.25) is 19.3 Å². The largest absolute Gasteiger partial charge is 0.453 e. The quantitative estimate of drug-likeness (QED) is 0.140. The fourth-order valence-corrected chi connectivity index (χ4v) is 4.15. The molecule has 218 valence electrons. The van der Waals surface area contributed by atoms with E-state index < -0.39 is 45.8 Å². The smallest absolute Gasteiger partial charge is 0.416 e. The number of fused-ring (bicyclic) bond motifs is 1. The number of nitrogens with zero attached hydrogens (tertiary/aromatic N) is 2. The second kappa shape index (κ2) is 12.4. The van der Waals surface area contributed by atoms with E-state index in [0.29, 0.717) is 34.1 Å². The Morgan fingerprint density at radius 1 is 1.05 bits per heavy atom. The highest BCUT2D eigenvalue weighted by Crippen LogP contribution is 2.37. The lowest BCUT2D eigenvalue weighted by molar-refractivity contribution is -0.137. The number of anilines is 3. The lowest BCUT2D eigenvalue weighted by Gasteiger charge is -2.22. The Kier molecular flexibility index (Phi) is 9.43. The second-order valence-electron chi connectivity index (χ2n) is 7.76. The highest BCUT2D eigenvalue weighted by molar-refractivity contribution is 7.99. The Labute approximate surface area is 233 Å². The van der Waals surface area contributed by atoms with E-state index in [1.807, 2.05) is 6.07 Å². The minimum Gasteiger partial charge on any atom is -0.453 e. The molecule has 0 bridgehead atoms. The summed E-state index contributed by atoms with van der Waals surface area (Å²) in [5.74, 6) is -0.815. The molecule has 0 saturated carbocycles. The van der Waals surface area contributed by atoms with Gasteiger partial charge in [-0.25, -0.2) is 19.0 Å². The number of ether oxygens (including phenoxy) is 1. The van der Waals surface area contributed by atoms with Crippen LogP contribution in [-0.4, -0.2) is 46.7 Å². The maximum atomic E-state index is 14.4. The van der Waals surface area contributed by atoms with Crippen LogP contribution in [0, 0.1) is 5.82 Å². The van der Waals surface area contributed by atoms with Crippen LogP contribution in [0.2, 0.25) is 0 Å². The topological polar surface area (TPSA) is 188 Å². The zero-order valence-corrected chi connectivity index (χ0v) is 22.1. The van der Waals surface area contributed by atoms with E-state index in [0.717, 1.165) is 9.79 Å². The zero-order chi connectivity index (χ0) is 30.5. The first-order chi connectivity index (χ1) is 19.0. The summed E-state index contributed by atoms with van der Waals surface area (Å²) in [7, 11) is -3.43. The summed E-state index contributed by atoms with van der Waals surface area (Å²) in [5.41, 5.74) is 5.00. The van der Waals surface area contributed by atoms with Gasteiger partial charge in [0.25, 0.3) is 0 Å². The number of halogens is 4. The number of nitrogens with two attached hydrogens (primary N) is 1. The summed E-state index contributed by atoms with van der Waals surface area (Å²) in [5, 5.41) is 2.44. The van der Waals surface area contributed by atoms with Crippen molar-refractivity contribution >= 4 is 62.6 Å². The molecular formula is C23H19F4N5O7S2. The SMILES string of the molecule is COC(=O)Nc1nc2cc(Sc3ccc(N(C(N)=O)c4cc(C(F)(F)F)ccc4F)cc3)ccc2[nH]1.O=S(=O)(O)O. The average molecular weight is 618 g/mol. The van der Waals surface area contributed by atoms with E-state index in [1.54, 1.807) is 24.3 Å². The first kappa shape index (κ1) is 31.1. The Hall–Kier alpha value is -4.39. The van der Waals surface area contributed by atoms with E-state index >= 15 is 0 Å². The van der Waals surface area contributed by atoms with Crippen LogP contribution in [0.3, 0.4) is 0 Å². The van der Waals surface area contributed by atoms with E-state index in [2.05, 4.69) is 20.0 Å². The van der Waals surface area contributed by atoms with Crippen molar-refractivity contribution in [3.8, 4) is 0 Å². The van der Waals surface area contributed by atoms with Crippen LogP contribution in [0.15, 0.2) is 70.5 Å². The molecule has 0 saturated heterocycles. The van der Waals surface area contributed by atoms with Crippen molar-refractivity contribution < 1.29 is 49.4 Å². The number of nitrogens with one attached hydrogen (secondary N) is 2. The van der Waals surface area contributed by atoms with Gasteiger partial charge in [0, 0.05) is 9.79 Å². The third-order valence-electron chi connectivity index (χ3n) is 4.93. The van der Waals surface area contributed by atoms with E-state index in [9.17, 15) is 27.2 Å². The fourth-order valence-electron chi connectivity index (χ4n) is 3.30. The standard InChI is InChI=1S/C23H17F4N5O3S.H2O4S/c1-35-22(34)31-21-29-17-9-7-15(11-18(17)30-21)36-14-5-3-13(4-6-14)32(20(28)33)19-10-12(23(25,26)27)2-8-16(19)24;1-5(2,3)4/h2-11H,1H3,(H2,28,33)(H2,29,30,31,34);(H2,1,2,3,4). The molecule has 0 unspecified atom stereocenters. The van der Waals surface area contributed by atoms with Gasteiger partial charge in [-0.15, -0.1) is 0 Å². The number of H-pyrrole nitrogens is 1. The van der Waals surface area contributed by atoms with Crippen LogP contribution in [0.5, 0.6) is 0 Å². The van der Waals surface area contributed by atoms with Crippen LogP contribution in [0.1, 0.15) is 5.56 Å². The predicted octanol–water partition coefficient (Wildman–Crippen LogP) is 5.61. The number of aromatic amines is 1. The molecule has 4 aromatic rings. The number of urea groups is 1. The normalized spacial score (nSPS) is 11.4. The van der Waals surface area contributed by atoms with Gasteiger partial charge in [-0.2, -0.15) is 21.6 Å². The lowest BCUT2D eigenvalue weighted by Crippen LogP contribution is -2.32. The molecule has 1 aromatic heterocycles. The monoisotopic (exact) mass is 617 g/mol. The summed E-state index contributed by atoms with van der Waals surface area (Å²) < 4.78 is 89.8. The van der Waals surface area contributed by atoms with Crippen molar-refractivity contribution in [1.82, 2.24) is 9.97 Å². The number of alkyl halides is 3. The molecule has 0 atom stereocenters. The van der Waals surface area contributed by atoms with Crippen LogP contribution in [-0.2, 0) is 21.3 Å². The molecule has 0 spiro atoms. The van der Waals surface area contributed by atoms with Crippen molar-refractivity contribution in [3.05, 3.63) is 72.0 Å². The van der Waals surface area contributed by atoms with Gasteiger partial charge in [-0.05, 0) is 60.7 Å². The fraction of sp³-hybridized carbons (Fsp3) is 0.0870. The number of amides is 3. The summed E-state index contributed by atoms with van der Waals surface area (Å²) in [6.07, 6.45) is -5.39. The Morgan fingerprint density at radius 2 is 1.66 bits per heavy atom. The van der Waals surface area contributed by atoms with Crippen molar-refractivity contribution in [2.45, 2.75) is 16.0 Å². The highest BCUT2D eigenvalue weighted by atomic mass is 32.3. The Bertz CT molecular complexity index is 1670. The van der Waals surface area contributed by atoms with Gasteiger partial charge in [0.1, 0.15) is 5.82 Å². The molecule has 6 N–H and O–H groups in total. The predicted molar refractivity (Wildman–Crippen MR) is 140 cm³/mol. The van der Waals surface area contributed by atoms with Crippen molar-refractivity contribution in [1.29, 1.82) is 0 Å². The maximum Gasteiger partial charge on any atom is 0.416 e. The van der Waals surface area contributed by atoms with Crippen LogP contribution in [0.25, 0.3) is 11.0 Å². The number of aromatic nitrogens is 2. The molecule has 0 aliphatic carbocycles. The molecule has 0 aliphatic rings. The van der Waals surface area contributed by atoms with Crippen LogP contribution < -0.4 is 16.0 Å². The Morgan fingerprint density at radius 3 is 2.22 bits per heavy atom. The second-order valence-corrected chi connectivity index (χ2v) is 9.80. The van der Waals surface area contributed by atoms with Gasteiger partial charge < -0.3 is 15.5 Å². The average Bonchev–Trinajstić information content (AvgIpc) is 3.25. The number of methoxy groups -OCH3 is 1. The number of rotatable bonds is 5. The summed E-state index contributed by atoms with van der Waals surface area (Å²) >= 11 is 1.34. The molecule has 12 nitrogen and oxygen atoms in total. The first-order valence-corrected chi connectivity index (χ1v) is 13.1. The molecule has 0 fully saturated rings. The van der Waals surface area contributed by atoms with Gasteiger partial charge in [0.15, 0.2) is 0 Å². The number of carbonyl (C=O) groups excluding carboxylic acids is 2. The summed E-state index contributed by atoms with van der Waals surface area (Å²) in [6, 6.07) is 12.1. The van der Waals surface area contributed by atoms with Gasteiger partial charge in [0.05, 0.1) is 35.1 Å². The Balaban J connectivity index is 0.000000850. The number of primary amides is 1. The molecule has 0 radical (unpaired) electrons. The number of imidazole rings is 1. The minimum atomic E-state index is -4.72. The lowest BCUT2D eigenvalue weighted by atomic mass is 10.1. The van der Waals surface area contributed by atoms with Crippen LogP contribution >= 0.6 is 11.8 Å². The third-order valence-corrected chi connectivity index (χ3v) is 5.92. The molecule has 3 amide bonds. The van der Waals surface area contributed by atoms with Crippen molar-refractivity contribution in [2.75, 3.05) is 17.3 Å². The minimum absolute atomic E-state index is 0.0892. The van der Waals surface area contributed by atoms with Crippen molar-refractivity contribution in [2.24, 2.45) is 5.73 Å². The number of hydrogen-bond acceptors (Lipinski definition) is 7. The van der Waals surface area contributed by atoms with Gasteiger partial charge >= 0.3 is 28.7 Å². The number of hydrogen-bond donors (Lipinski definition) is 5. The van der Waals surface area contributed by atoms with Crippen LogP contribution in [0.4, 0.5) is 44.5 Å². The number of carbonyl (C=O) groups is 2. The zero-order valence-electron chi connectivity index (χ0n) is 20.5. The molecular weight excluding hydrogens is 598 g/mol. The summed E-state index contributed by atoms with van der Waals surface area (Å²) in [6.45, 7) is 0. The number of benzene rings is 3. The molecule has 3 aromatic carbocycles. The van der Waals surface area contributed by atoms with Gasteiger partial charge in [-0.1, -0.05) is 11.8 Å². The van der Waals surface area contributed by atoms with Gasteiger partial charge in [0.2, 0.25) is 5.95 Å². The maximum absolute atomic E-state index is 14.4. The van der Waals surface area contributed by atoms with E-state index in [-0.39, 0.29) is 11.6 Å².